The number of para-hydroxylation sites is 1. The summed E-state index contributed by atoms with van der Waals surface area (Å²) in [6.45, 7) is 4.76. The van der Waals surface area contributed by atoms with Crippen LogP contribution in [-0.4, -0.2) is 44.6 Å². The Hall–Kier alpha value is -2.51. The monoisotopic (exact) mass is 452 g/mol. The van der Waals surface area contributed by atoms with Gasteiger partial charge in [-0.15, -0.1) is 0 Å². The van der Waals surface area contributed by atoms with Gasteiger partial charge in [0.25, 0.3) is 0 Å². The number of esters is 1. The first-order valence-corrected chi connectivity index (χ1v) is 12.7. The minimum Gasteiger partial charge on any atom is -0.466 e. The highest BCUT2D eigenvalue weighted by Gasteiger charge is 2.72. The van der Waals surface area contributed by atoms with Crippen LogP contribution in [0.1, 0.15) is 37.3 Å². The van der Waals surface area contributed by atoms with E-state index >= 15 is 0 Å². The molecule has 6 nitrogen and oxygen atoms in total. The topological polar surface area (TPSA) is 76.0 Å². The van der Waals surface area contributed by atoms with Crippen molar-refractivity contribution >= 4 is 27.9 Å². The first kappa shape index (κ1) is 21.3. The molecule has 2 heterocycles. The maximum Gasteiger partial charge on any atom is 0.309 e. The summed E-state index contributed by atoms with van der Waals surface area (Å²) in [5, 5.41) is 0. The third kappa shape index (κ3) is 3.05. The number of hydrogen-bond acceptors (Lipinski definition) is 5. The van der Waals surface area contributed by atoms with E-state index in [0.717, 1.165) is 23.2 Å². The highest BCUT2D eigenvalue weighted by Crippen LogP contribution is 2.68. The number of hydrogen-bond donors (Lipinski definition) is 0. The first-order chi connectivity index (χ1) is 15.3. The molecule has 2 aliphatic heterocycles. The molecule has 2 fully saturated rings. The molecule has 7 heteroatoms. The lowest BCUT2D eigenvalue weighted by molar-refractivity contribution is -0.146. The van der Waals surface area contributed by atoms with Crippen LogP contribution in [0, 0.1) is 18.3 Å². The van der Waals surface area contributed by atoms with Gasteiger partial charge in [0.15, 0.2) is 0 Å². The molecule has 3 atom stereocenters. The van der Waals surface area contributed by atoms with E-state index in [2.05, 4.69) is 6.07 Å². The van der Waals surface area contributed by atoms with Gasteiger partial charge in [0.1, 0.15) is 0 Å². The van der Waals surface area contributed by atoms with Crippen molar-refractivity contribution in [3.8, 4) is 0 Å². The molecule has 5 rings (SSSR count). The van der Waals surface area contributed by atoms with Crippen molar-refractivity contribution in [3.63, 3.8) is 0 Å². The zero-order valence-electron chi connectivity index (χ0n) is 18.5. The third-order valence-electron chi connectivity index (χ3n) is 7.44. The molecule has 3 aliphatic rings. The highest BCUT2D eigenvalue weighted by atomic mass is 32.2. The Morgan fingerprint density at radius 2 is 1.94 bits per heavy atom. The largest absolute Gasteiger partial charge is 0.466 e. The van der Waals surface area contributed by atoms with Gasteiger partial charge >= 0.3 is 5.97 Å². The predicted octanol–water partition coefficient (Wildman–Crippen LogP) is 4.00. The molecule has 0 unspecified atom stereocenters. The molecule has 168 valence electrons. The Labute approximate surface area is 189 Å². The lowest BCUT2D eigenvalue weighted by Gasteiger charge is -2.37. The van der Waals surface area contributed by atoms with Crippen molar-refractivity contribution in [2.75, 3.05) is 19.7 Å². The number of aryl methyl sites for hydroxylation is 1. The first-order valence-electron chi connectivity index (χ1n) is 11.2. The number of rotatable bonds is 4. The summed E-state index contributed by atoms with van der Waals surface area (Å²) in [7, 11) is -3.68. The van der Waals surface area contributed by atoms with Crippen molar-refractivity contribution < 1.29 is 17.9 Å². The molecular formula is C25H28N2O4S. The minimum atomic E-state index is -3.68. The number of sulfonamides is 1. The van der Waals surface area contributed by atoms with Crippen LogP contribution in [0.25, 0.3) is 0 Å². The lowest BCUT2D eigenvalue weighted by Crippen LogP contribution is -2.45. The van der Waals surface area contributed by atoms with Crippen LogP contribution in [0.2, 0.25) is 0 Å². The summed E-state index contributed by atoms with van der Waals surface area (Å²) in [6, 6.07) is 15.0. The van der Waals surface area contributed by atoms with Gasteiger partial charge in [0, 0.05) is 30.1 Å². The summed E-state index contributed by atoms with van der Waals surface area (Å²) < 4.78 is 34.2. The van der Waals surface area contributed by atoms with E-state index in [1.54, 1.807) is 23.4 Å². The zero-order chi connectivity index (χ0) is 22.6. The Morgan fingerprint density at radius 1 is 1.19 bits per heavy atom. The fraction of sp³-hybridized carbons (Fsp3) is 0.440. The van der Waals surface area contributed by atoms with Crippen LogP contribution in [0.5, 0.6) is 0 Å². The van der Waals surface area contributed by atoms with Crippen LogP contribution in [0.3, 0.4) is 0 Å². The van der Waals surface area contributed by atoms with Crippen molar-refractivity contribution in [1.29, 1.82) is 0 Å². The van der Waals surface area contributed by atoms with Gasteiger partial charge < -0.3 is 4.74 Å². The van der Waals surface area contributed by atoms with E-state index in [-0.39, 0.29) is 18.4 Å². The summed E-state index contributed by atoms with van der Waals surface area (Å²) in [5.41, 5.74) is 2.01. The molecule has 2 aromatic carbocycles. The summed E-state index contributed by atoms with van der Waals surface area (Å²) in [4.78, 5) is 17.9. The number of benzene rings is 2. The standard InChI is InChI=1S/C25H28N2O4S/c1-3-31-23(28)21-15-25(21)17-27(32(29,30)19-11-9-18(2)10-12-19)14-6-13-24(25)16-26-22-8-5-4-7-20(22)24/h4-5,7-12,16,21H,3,6,13-15,17H2,1-2H3/t21-,24+,25-/m1/s1. The van der Waals surface area contributed by atoms with Gasteiger partial charge in [-0.1, -0.05) is 35.9 Å². The molecule has 1 saturated heterocycles. The number of carbonyl (C=O) groups excluding carboxylic acids is 1. The SMILES string of the molecule is CCOC(=O)[C@H]1C[C@@]12CN(S(=O)(=O)c1ccc(C)cc1)CCC[C@@]21C=Nc2ccccc21. The number of carbonyl (C=O) groups is 1. The molecule has 2 aromatic rings. The zero-order valence-corrected chi connectivity index (χ0v) is 19.3. The second-order valence-electron chi connectivity index (χ2n) is 9.17. The summed E-state index contributed by atoms with van der Waals surface area (Å²) in [5.74, 6) is -0.576. The second kappa shape index (κ2) is 7.52. The van der Waals surface area contributed by atoms with E-state index in [4.69, 9.17) is 9.73 Å². The summed E-state index contributed by atoms with van der Waals surface area (Å²) in [6.07, 6.45) is 4.04. The summed E-state index contributed by atoms with van der Waals surface area (Å²) >= 11 is 0. The highest BCUT2D eigenvalue weighted by molar-refractivity contribution is 7.89. The molecule has 0 bridgehead atoms. The van der Waals surface area contributed by atoms with Crippen molar-refractivity contribution in [2.45, 2.75) is 43.4 Å². The van der Waals surface area contributed by atoms with E-state index < -0.39 is 20.9 Å². The van der Waals surface area contributed by atoms with Crippen molar-refractivity contribution in [2.24, 2.45) is 16.3 Å². The molecule has 32 heavy (non-hydrogen) atoms. The lowest BCUT2D eigenvalue weighted by atomic mass is 9.66. The van der Waals surface area contributed by atoms with Gasteiger partial charge in [-0.3, -0.25) is 9.79 Å². The average Bonchev–Trinajstić information content (AvgIpc) is 3.44. The van der Waals surface area contributed by atoms with Gasteiger partial charge in [0.2, 0.25) is 10.0 Å². The Kier molecular flexibility index (Phi) is 5.02. The molecule has 0 radical (unpaired) electrons. The second-order valence-corrected chi connectivity index (χ2v) is 11.1. The van der Waals surface area contributed by atoms with E-state index in [0.29, 0.717) is 30.9 Å². The molecule has 0 aromatic heterocycles. The van der Waals surface area contributed by atoms with Gasteiger partial charge in [-0.2, -0.15) is 4.31 Å². The predicted molar refractivity (Wildman–Crippen MR) is 123 cm³/mol. The van der Waals surface area contributed by atoms with Crippen molar-refractivity contribution in [3.05, 3.63) is 59.7 Å². The minimum absolute atomic E-state index is 0.237. The van der Waals surface area contributed by atoms with Gasteiger partial charge in [0.05, 0.1) is 23.1 Å². The number of fused-ring (bicyclic) bond motifs is 3. The Balaban J connectivity index is 1.58. The van der Waals surface area contributed by atoms with Crippen LogP contribution >= 0.6 is 0 Å². The van der Waals surface area contributed by atoms with Gasteiger partial charge in [-0.25, -0.2) is 8.42 Å². The van der Waals surface area contributed by atoms with Crippen LogP contribution in [0.15, 0.2) is 58.4 Å². The van der Waals surface area contributed by atoms with E-state index in [9.17, 15) is 13.2 Å². The Morgan fingerprint density at radius 3 is 2.69 bits per heavy atom. The smallest absolute Gasteiger partial charge is 0.309 e. The maximum absolute atomic E-state index is 13.6. The number of aliphatic imine (C=N–C) groups is 1. The maximum atomic E-state index is 13.6. The molecule has 1 saturated carbocycles. The van der Waals surface area contributed by atoms with Crippen LogP contribution in [-0.2, 0) is 25.0 Å². The number of nitrogens with zero attached hydrogens (tertiary/aromatic N) is 2. The van der Waals surface area contributed by atoms with E-state index in [1.807, 2.05) is 43.5 Å². The molecule has 1 aliphatic carbocycles. The normalized spacial score (nSPS) is 29.1. The van der Waals surface area contributed by atoms with Crippen molar-refractivity contribution in [1.82, 2.24) is 4.31 Å². The van der Waals surface area contributed by atoms with E-state index in [1.165, 1.54) is 0 Å². The molecule has 2 spiro atoms. The molecule has 0 N–H and O–H groups in total. The third-order valence-corrected chi connectivity index (χ3v) is 9.30. The fourth-order valence-corrected chi connectivity index (χ4v) is 7.26. The van der Waals surface area contributed by atoms with Crippen LogP contribution < -0.4 is 0 Å². The quantitative estimate of drug-likeness (QED) is 0.657. The van der Waals surface area contributed by atoms with Gasteiger partial charge in [-0.05, 0) is 56.9 Å². The average molecular weight is 453 g/mol. The van der Waals surface area contributed by atoms with Crippen LogP contribution in [0.4, 0.5) is 5.69 Å². The molecule has 0 amide bonds. The Bertz CT molecular complexity index is 1190. The molecular weight excluding hydrogens is 424 g/mol. The fourth-order valence-electron chi connectivity index (χ4n) is 5.72. The number of ether oxygens (including phenoxy) is 1.